The average molecular weight is 316 g/mol. The van der Waals surface area contributed by atoms with Crippen molar-refractivity contribution >= 4 is 11.7 Å². The molecule has 1 fully saturated rings. The Hall–Kier alpha value is -2.41. The number of anilines is 1. The van der Waals surface area contributed by atoms with E-state index in [1.54, 1.807) is 13.1 Å². The number of likely N-dealkylation sites (N-methyl/N-ethyl adjacent to an activating group) is 1. The van der Waals surface area contributed by atoms with Gasteiger partial charge in [0.1, 0.15) is 0 Å². The monoisotopic (exact) mass is 316 g/mol. The molecule has 0 aliphatic heterocycles. The second-order valence-corrected chi connectivity index (χ2v) is 5.99. The number of aromatic nitrogens is 2. The van der Waals surface area contributed by atoms with Crippen LogP contribution in [-0.2, 0) is 0 Å². The molecule has 2 aromatic rings. The van der Waals surface area contributed by atoms with Crippen molar-refractivity contribution in [1.82, 2.24) is 15.1 Å². The van der Waals surface area contributed by atoms with Crippen molar-refractivity contribution in [1.29, 1.82) is 0 Å². The molecule has 0 bridgehead atoms. The van der Waals surface area contributed by atoms with Crippen LogP contribution in [0.2, 0.25) is 0 Å². The Morgan fingerprint density at radius 1 is 1.52 bits per heavy atom. The maximum atomic E-state index is 12.3. The highest BCUT2D eigenvalue weighted by atomic mass is 16.4. The lowest BCUT2D eigenvalue weighted by Gasteiger charge is -2.21. The number of carbonyl (C=O) groups is 1. The van der Waals surface area contributed by atoms with E-state index in [4.69, 9.17) is 4.42 Å². The van der Waals surface area contributed by atoms with E-state index in [9.17, 15) is 9.90 Å². The van der Waals surface area contributed by atoms with Crippen LogP contribution in [0.3, 0.4) is 0 Å². The second kappa shape index (κ2) is 6.37. The summed E-state index contributed by atoms with van der Waals surface area (Å²) in [4.78, 5) is 13.8. The zero-order valence-corrected chi connectivity index (χ0v) is 13.2. The van der Waals surface area contributed by atoms with Crippen LogP contribution < -0.4 is 5.32 Å². The molecular formula is C16H20N4O3. The van der Waals surface area contributed by atoms with Crippen molar-refractivity contribution in [3.8, 4) is 11.5 Å². The largest absolute Gasteiger partial charge is 0.423 e. The first-order valence-corrected chi connectivity index (χ1v) is 7.62. The molecule has 1 heterocycles. The summed E-state index contributed by atoms with van der Waals surface area (Å²) in [5.41, 5.74) is 2.35. The van der Waals surface area contributed by atoms with Crippen molar-refractivity contribution in [2.45, 2.75) is 25.9 Å². The summed E-state index contributed by atoms with van der Waals surface area (Å²) in [5.74, 6) is 0.742. The number of benzene rings is 1. The van der Waals surface area contributed by atoms with Crippen molar-refractivity contribution in [2.75, 3.05) is 18.9 Å². The molecule has 2 amide bonds. The van der Waals surface area contributed by atoms with Gasteiger partial charge in [0.05, 0.1) is 6.10 Å². The van der Waals surface area contributed by atoms with Gasteiger partial charge in [0.15, 0.2) is 0 Å². The SMILES string of the molecule is Cc1ccc(-c2nnco2)cc1NC(=O)N(C)CC(O)C1CC1. The van der Waals surface area contributed by atoms with E-state index in [1.807, 2.05) is 19.1 Å². The van der Waals surface area contributed by atoms with Crippen LogP contribution in [0.1, 0.15) is 18.4 Å². The first-order valence-electron chi connectivity index (χ1n) is 7.62. The molecule has 7 nitrogen and oxygen atoms in total. The molecule has 1 atom stereocenters. The van der Waals surface area contributed by atoms with Crippen molar-refractivity contribution in [3.63, 3.8) is 0 Å². The topological polar surface area (TPSA) is 91.5 Å². The molecule has 3 rings (SSSR count). The molecule has 1 aromatic heterocycles. The molecule has 1 aliphatic rings. The fourth-order valence-corrected chi connectivity index (χ4v) is 2.39. The van der Waals surface area contributed by atoms with Gasteiger partial charge in [-0.3, -0.25) is 0 Å². The second-order valence-electron chi connectivity index (χ2n) is 5.99. The Kier molecular flexibility index (Phi) is 4.29. The Balaban J connectivity index is 1.68. The molecule has 1 aromatic carbocycles. The maximum Gasteiger partial charge on any atom is 0.321 e. The smallest absolute Gasteiger partial charge is 0.321 e. The molecule has 0 spiro atoms. The van der Waals surface area contributed by atoms with E-state index in [2.05, 4.69) is 15.5 Å². The number of nitrogens with zero attached hydrogens (tertiary/aromatic N) is 3. The van der Waals surface area contributed by atoms with Crippen LogP contribution >= 0.6 is 0 Å². The normalized spacial score (nSPS) is 15.3. The quantitative estimate of drug-likeness (QED) is 0.883. The lowest BCUT2D eigenvalue weighted by Crippen LogP contribution is -2.38. The Morgan fingerprint density at radius 3 is 2.96 bits per heavy atom. The molecule has 7 heteroatoms. The number of hydrogen-bond acceptors (Lipinski definition) is 5. The van der Waals surface area contributed by atoms with Crippen molar-refractivity contribution in [2.24, 2.45) is 5.92 Å². The number of amides is 2. The first-order chi connectivity index (χ1) is 11.0. The Morgan fingerprint density at radius 2 is 2.30 bits per heavy atom. The molecule has 1 aliphatic carbocycles. The van der Waals surface area contributed by atoms with E-state index in [1.165, 1.54) is 11.3 Å². The summed E-state index contributed by atoms with van der Waals surface area (Å²) in [6.07, 6.45) is 2.90. The fourth-order valence-electron chi connectivity index (χ4n) is 2.39. The van der Waals surface area contributed by atoms with Gasteiger partial charge in [0.25, 0.3) is 0 Å². The van der Waals surface area contributed by atoms with E-state index in [0.717, 1.165) is 24.0 Å². The molecule has 0 radical (unpaired) electrons. The summed E-state index contributed by atoms with van der Waals surface area (Å²) in [6, 6.07) is 5.29. The third kappa shape index (κ3) is 3.68. The predicted molar refractivity (Wildman–Crippen MR) is 84.9 cm³/mol. The zero-order chi connectivity index (χ0) is 16.4. The highest BCUT2D eigenvalue weighted by Crippen LogP contribution is 2.32. The minimum atomic E-state index is -0.448. The lowest BCUT2D eigenvalue weighted by atomic mass is 10.1. The highest BCUT2D eigenvalue weighted by molar-refractivity contribution is 5.90. The Labute approximate surface area is 134 Å². The average Bonchev–Trinajstić information content (AvgIpc) is 3.24. The summed E-state index contributed by atoms with van der Waals surface area (Å²) in [7, 11) is 1.68. The molecule has 1 saturated carbocycles. The predicted octanol–water partition coefficient (Wildman–Crippen LogP) is 2.28. The van der Waals surface area contributed by atoms with Crippen LogP contribution in [0.5, 0.6) is 0 Å². The van der Waals surface area contributed by atoms with Gasteiger partial charge in [-0.2, -0.15) is 0 Å². The minimum Gasteiger partial charge on any atom is -0.423 e. The summed E-state index contributed by atoms with van der Waals surface area (Å²) < 4.78 is 5.17. The third-order valence-electron chi connectivity index (χ3n) is 4.06. The molecule has 0 saturated heterocycles. The molecular weight excluding hydrogens is 296 g/mol. The Bertz CT molecular complexity index is 683. The van der Waals surface area contributed by atoms with Crippen molar-refractivity contribution in [3.05, 3.63) is 30.2 Å². The van der Waals surface area contributed by atoms with E-state index < -0.39 is 6.10 Å². The number of aliphatic hydroxyl groups is 1. The van der Waals surface area contributed by atoms with Crippen LogP contribution in [0.4, 0.5) is 10.5 Å². The lowest BCUT2D eigenvalue weighted by molar-refractivity contribution is 0.117. The van der Waals surface area contributed by atoms with E-state index in [-0.39, 0.29) is 6.03 Å². The summed E-state index contributed by atoms with van der Waals surface area (Å²) >= 11 is 0. The number of carbonyl (C=O) groups excluding carboxylic acids is 1. The van der Waals surface area contributed by atoms with Gasteiger partial charge in [0.2, 0.25) is 12.3 Å². The molecule has 1 unspecified atom stereocenters. The molecule has 23 heavy (non-hydrogen) atoms. The number of rotatable bonds is 5. The van der Waals surface area contributed by atoms with Gasteiger partial charge in [0, 0.05) is 24.8 Å². The number of urea groups is 1. The number of hydrogen-bond donors (Lipinski definition) is 2. The van der Waals surface area contributed by atoms with E-state index in [0.29, 0.717) is 24.0 Å². The fraction of sp³-hybridized carbons (Fsp3) is 0.438. The van der Waals surface area contributed by atoms with Crippen molar-refractivity contribution < 1.29 is 14.3 Å². The van der Waals surface area contributed by atoms with Gasteiger partial charge < -0.3 is 19.7 Å². The molecule has 122 valence electrons. The third-order valence-corrected chi connectivity index (χ3v) is 4.06. The van der Waals surface area contributed by atoms with Crippen LogP contribution in [0.15, 0.2) is 29.0 Å². The van der Waals surface area contributed by atoms with Gasteiger partial charge in [-0.1, -0.05) is 6.07 Å². The van der Waals surface area contributed by atoms with Crippen LogP contribution in [0.25, 0.3) is 11.5 Å². The van der Waals surface area contributed by atoms with Gasteiger partial charge in [-0.25, -0.2) is 4.79 Å². The minimum absolute atomic E-state index is 0.254. The van der Waals surface area contributed by atoms with Crippen LogP contribution in [0, 0.1) is 12.8 Å². The first kappa shape index (κ1) is 15.5. The maximum absolute atomic E-state index is 12.3. The van der Waals surface area contributed by atoms with Gasteiger partial charge in [-0.05, 0) is 43.4 Å². The summed E-state index contributed by atoms with van der Waals surface area (Å²) in [6.45, 7) is 2.24. The van der Waals surface area contributed by atoms with E-state index >= 15 is 0 Å². The highest BCUT2D eigenvalue weighted by Gasteiger charge is 2.31. The molecule has 2 N–H and O–H groups in total. The number of aryl methyl sites for hydroxylation is 1. The number of nitrogens with one attached hydrogen (secondary N) is 1. The number of aliphatic hydroxyl groups excluding tert-OH is 1. The standard InChI is InChI=1S/C16H20N4O3/c1-10-3-4-12(15-19-17-9-23-15)7-13(10)18-16(22)20(2)8-14(21)11-5-6-11/h3-4,7,9,11,14,21H,5-6,8H2,1-2H3,(H,18,22). The van der Waals surface area contributed by atoms with Gasteiger partial charge >= 0.3 is 6.03 Å². The van der Waals surface area contributed by atoms with Crippen LogP contribution in [-0.4, -0.2) is 45.9 Å². The van der Waals surface area contributed by atoms with Gasteiger partial charge in [-0.15, -0.1) is 10.2 Å². The summed E-state index contributed by atoms with van der Waals surface area (Å²) in [5, 5.41) is 20.3. The zero-order valence-electron chi connectivity index (χ0n) is 13.2.